The van der Waals surface area contributed by atoms with E-state index in [4.69, 9.17) is 61.6 Å². The zero-order chi connectivity index (χ0) is 64.2. The number of hydrogen-bond donors (Lipinski definition) is 23. The Morgan fingerprint density at radius 3 is 0.862 bits per heavy atom. The SMILES string of the molecule is CC(=O)N[C@@H]1[C@@H](O[C@@H]2O[C@H](CO)[C@H](O)[C@H](O[C@@H]3O[C@H](CO)[C@@H](O[C@@H]4O[C@H](CO)[C@H](O)[C@H](O[C@@H]5O[C@H](CO)[C@@H](O[C@@H]6O[C@H](CO)[C@H](O)[C@H](O[C@@H]7O[C@H](CO)[C@H](O)[C@H](O)[C@H]7O)[C@H]6O)[C@H](O)[C@H]5NC(C)=O)[C@H]4O)[C@H](O)[C@H]3NC(C)=O)[C@H]2O)[C@@H](O)[C@@H](CO)O[C@@H]1O. The molecule has 0 radical (unpaired) electrons. The summed E-state index contributed by atoms with van der Waals surface area (Å²) >= 11 is 0. The number of nitrogens with one attached hydrogen (secondary N) is 3. The fourth-order valence-corrected chi connectivity index (χ4v) is 11.2. The van der Waals surface area contributed by atoms with Gasteiger partial charge >= 0.3 is 0 Å². The van der Waals surface area contributed by atoms with E-state index < -0.39 is 279 Å². The van der Waals surface area contributed by atoms with E-state index in [1.165, 1.54) is 0 Å². The number of aliphatic hydroxyl groups is 20. The number of hydrogen-bond acceptors (Lipinski definition) is 36. The maximum absolute atomic E-state index is 12.7. The highest BCUT2D eigenvalue weighted by atomic mass is 16.8. The molecule has 7 fully saturated rings. The molecule has 7 aliphatic rings. The Morgan fingerprint density at radius 1 is 0.276 bits per heavy atom. The van der Waals surface area contributed by atoms with Crippen LogP contribution < -0.4 is 16.0 Å². The first kappa shape index (κ1) is 71.5. The Morgan fingerprint density at radius 2 is 0.529 bits per heavy atom. The van der Waals surface area contributed by atoms with Crippen LogP contribution in [-0.2, 0) is 76.0 Å². The van der Waals surface area contributed by atoms with E-state index in [-0.39, 0.29) is 0 Å². The first-order chi connectivity index (χ1) is 41.2. The van der Waals surface area contributed by atoms with Gasteiger partial charge in [0.05, 0.1) is 46.2 Å². The van der Waals surface area contributed by atoms with Crippen molar-refractivity contribution in [3.63, 3.8) is 0 Å². The predicted octanol–water partition coefficient (Wildman–Crippen LogP) is -15.8. The van der Waals surface area contributed by atoms with Gasteiger partial charge in [0.2, 0.25) is 17.7 Å². The summed E-state index contributed by atoms with van der Waals surface area (Å²) in [6.45, 7) is -4.05. The first-order valence-corrected chi connectivity index (χ1v) is 27.6. The molecule has 35 atom stereocenters. The third kappa shape index (κ3) is 15.6. The normalized spacial score (nSPS) is 48.9. The Labute approximate surface area is 492 Å². The van der Waals surface area contributed by atoms with Crippen molar-refractivity contribution in [2.75, 3.05) is 46.2 Å². The standard InChI is InChI=1S/C48H81N3O36/c1-11(59)49-21-30(68)37(83-47-35(73)41(28(66)18(8-56)78-47)87-45-32(70)31(69)24(62)14(4-52)76-45)20(10-58)80-43(21)85-39-26(64)16(6-54)77-46(33(39)71)82-36-19(9-57)81-44(22(29(36)67)50-12(2)60)86-40-27(65)17(7-55)79-48(34(40)72)84-38-23(51-13(3)61)42(74)75-15(5-53)25(38)63/h14-48,52-58,62-74H,4-10H2,1-3H3,(H,49,59)(H,50,60)(H,51,61)/t14-,15-,16-,17-,18-,19-,20-,21-,22-,23-,24+,25+,26+,27+,28+,29-,30-,31+,32-,33-,34-,35-,36-,37-,38-,39+,40+,41+,42+,43+,44+,45+,46+,47+,48+/m1/s1. The fourth-order valence-electron chi connectivity index (χ4n) is 11.2. The van der Waals surface area contributed by atoms with Gasteiger partial charge in [-0.3, -0.25) is 14.4 Å². The lowest BCUT2D eigenvalue weighted by Gasteiger charge is -2.51. The molecule has 0 saturated carbocycles. The fraction of sp³-hybridized carbons (Fsp3) is 0.938. The zero-order valence-electron chi connectivity index (χ0n) is 46.6. The average molecular weight is 1280 g/mol. The molecule has 0 spiro atoms. The second-order valence-corrected chi connectivity index (χ2v) is 21.8. The minimum absolute atomic E-state index is 0.753. The summed E-state index contributed by atoms with van der Waals surface area (Å²) in [7, 11) is 0. The molecule has 0 aromatic carbocycles. The Balaban J connectivity index is 1.08. The first-order valence-electron chi connectivity index (χ1n) is 27.6. The maximum Gasteiger partial charge on any atom is 0.217 e. The van der Waals surface area contributed by atoms with Crippen molar-refractivity contribution in [3.8, 4) is 0 Å². The van der Waals surface area contributed by atoms with E-state index in [0.29, 0.717) is 0 Å². The van der Waals surface area contributed by atoms with Gasteiger partial charge in [0, 0.05) is 20.8 Å². The molecule has 7 heterocycles. The van der Waals surface area contributed by atoms with Crippen LogP contribution >= 0.6 is 0 Å². The number of ether oxygens (including phenoxy) is 13. The second-order valence-electron chi connectivity index (χ2n) is 21.8. The van der Waals surface area contributed by atoms with Crippen molar-refractivity contribution >= 4 is 17.7 Å². The van der Waals surface area contributed by atoms with Gasteiger partial charge in [-0.25, -0.2) is 0 Å². The van der Waals surface area contributed by atoms with Gasteiger partial charge in [0.15, 0.2) is 44.0 Å². The molecule has 39 heteroatoms. The molecule has 39 nitrogen and oxygen atoms in total. The van der Waals surface area contributed by atoms with E-state index >= 15 is 0 Å². The molecular weight excluding hydrogens is 1190 g/mol. The summed E-state index contributed by atoms with van der Waals surface area (Å²) in [4.78, 5) is 37.5. The monoisotopic (exact) mass is 1280 g/mol. The maximum atomic E-state index is 12.7. The molecule has 0 aromatic heterocycles. The molecule has 23 N–H and O–H groups in total. The topological polar surface area (TPSA) is 612 Å². The lowest BCUT2D eigenvalue weighted by Crippen LogP contribution is -2.71. The van der Waals surface area contributed by atoms with Crippen molar-refractivity contribution in [1.29, 1.82) is 0 Å². The van der Waals surface area contributed by atoms with Gasteiger partial charge in [-0.05, 0) is 0 Å². The summed E-state index contributed by atoms with van der Waals surface area (Å²) in [5.74, 6) is -2.54. The number of amides is 3. The van der Waals surface area contributed by atoms with Crippen LogP contribution in [0.4, 0.5) is 0 Å². The highest BCUT2D eigenvalue weighted by molar-refractivity contribution is 5.74. The number of aliphatic hydroxyl groups excluding tert-OH is 20. The van der Waals surface area contributed by atoms with Crippen LogP contribution in [0.1, 0.15) is 20.8 Å². The summed E-state index contributed by atoms with van der Waals surface area (Å²) in [5, 5.41) is 224. The van der Waals surface area contributed by atoms with Gasteiger partial charge in [-0.1, -0.05) is 0 Å². The number of carbonyl (C=O) groups is 3. The van der Waals surface area contributed by atoms with Crippen molar-refractivity contribution in [1.82, 2.24) is 16.0 Å². The average Bonchev–Trinajstić information content (AvgIpc) is 1.87. The zero-order valence-corrected chi connectivity index (χ0v) is 46.6. The third-order valence-electron chi connectivity index (χ3n) is 15.8. The van der Waals surface area contributed by atoms with Crippen LogP contribution in [0.25, 0.3) is 0 Å². The van der Waals surface area contributed by atoms with Crippen LogP contribution in [0.2, 0.25) is 0 Å². The molecule has 87 heavy (non-hydrogen) atoms. The second kappa shape index (κ2) is 31.1. The van der Waals surface area contributed by atoms with E-state index in [2.05, 4.69) is 16.0 Å². The lowest BCUT2D eigenvalue weighted by molar-refractivity contribution is -0.388. The van der Waals surface area contributed by atoms with Gasteiger partial charge < -0.3 is 180 Å². The van der Waals surface area contributed by atoms with Crippen molar-refractivity contribution in [3.05, 3.63) is 0 Å². The van der Waals surface area contributed by atoms with Gasteiger partial charge in [0.1, 0.15) is 171 Å². The summed E-state index contributed by atoms with van der Waals surface area (Å²) < 4.78 is 74.5. The molecule has 0 aromatic rings. The van der Waals surface area contributed by atoms with Crippen LogP contribution in [0.3, 0.4) is 0 Å². The van der Waals surface area contributed by atoms with Crippen LogP contribution in [-0.4, -0.2) is 381 Å². The highest BCUT2D eigenvalue weighted by Gasteiger charge is 2.59. The van der Waals surface area contributed by atoms with Crippen molar-refractivity contribution in [2.45, 2.75) is 236 Å². The molecule has 0 unspecified atom stereocenters. The van der Waals surface area contributed by atoms with E-state index in [9.17, 15) is 117 Å². The molecule has 3 amide bonds. The third-order valence-corrected chi connectivity index (χ3v) is 15.8. The van der Waals surface area contributed by atoms with Crippen LogP contribution in [0, 0.1) is 0 Å². The smallest absolute Gasteiger partial charge is 0.217 e. The largest absolute Gasteiger partial charge is 0.394 e. The summed E-state index contributed by atoms with van der Waals surface area (Å²) in [5.41, 5.74) is 0. The molecule has 504 valence electrons. The van der Waals surface area contributed by atoms with E-state index in [1.807, 2.05) is 0 Å². The van der Waals surface area contributed by atoms with Gasteiger partial charge in [-0.2, -0.15) is 0 Å². The molecule has 0 bridgehead atoms. The van der Waals surface area contributed by atoms with E-state index in [0.717, 1.165) is 20.8 Å². The van der Waals surface area contributed by atoms with Crippen molar-refractivity contribution < 1.29 is 178 Å². The van der Waals surface area contributed by atoms with Gasteiger partial charge in [0.25, 0.3) is 0 Å². The molecule has 7 aliphatic heterocycles. The molecule has 7 saturated heterocycles. The molecule has 0 aliphatic carbocycles. The van der Waals surface area contributed by atoms with Crippen LogP contribution in [0.15, 0.2) is 0 Å². The predicted molar refractivity (Wildman–Crippen MR) is 267 cm³/mol. The van der Waals surface area contributed by atoms with E-state index in [1.54, 1.807) is 0 Å². The molecule has 7 rings (SSSR count). The molecular formula is C48H81N3O36. The Kier molecular flexibility index (Phi) is 25.6. The minimum atomic E-state index is -2.29. The minimum Gasteiger partial charge on any atom is -0.394 e. The number of rotatable bonds is 22. The Hall–Kier alpha value is -2.91. The lowest BCUT2D eigenvalue weighted by atomic mass is 9.93. The van der Waals surface area contributed by atoms with Crippen LogP contribution in [0.5, 0.6) is 0 Å². The van der Waals surface area contributed by atoms with Gasteiger partial charge in [-0.15, -0.1) is 0 Å². The number of carbonyl (C=O) groups excluding carboxylic acids is 3. The summed E-state index contributed by atoms with van der Waals surface area (Å²) in [6.07, 6.45) is -62.3. The van der Waals surface area contributed by atoms with Crippen molar-refractivity contribution in [2.24, 2.45) is 0 Å². The quantitative estimate of drug-likeness (QED) is 0.0479. The Bertz CT molecular complexity index is 2190. The summed E-state index contributed by atoms with van der Waals surface area (Å²) in [6, 6.07) is -5.28. The highest BCUT2D eigenvalue weighted by Crippen LogP contribution is 2.38.